The first-order valence-electron chi connectivity index (χ1n) is 7.00. The summed E-state index contributed by atoms with van der Waals surface area (Å²) >= 11 is 0. The van der Waals surface area contributed by atoms with E-state index in [0.29, 0.717) is 5.82 Å². The molecule has 1 saturated carbocycles. The van der Waals surface area contributed by atoms with Gasteiger partial charge in [0.2, 0.25) is 11.7 Å². The highest BCUT2D eigenvalue weighted by molar-refractivity contribution is 5.57. The Kier molecular flexibility index (Phi) is 3.49. The molecule has 19 heavy (non-hydrogen) atoms. The van der Waals surface area contributed by atoms with Crippen molar-refractivity contribution in [2.75, 3.05) is 5.73 Å². The van der Waals surface area contributed by atoms with Crippen molar-refractivity contribution in [1.82, 2.24) is 10.1 Å². The highest BCUT2D eigenvalue weighted by Gasteiger charge is 2.16. The average molecular weight is 257 g/mol. The Morgan fingerprint density at radius 3 is 2.63 bits per heavy atom. The molecule has 1 aliphatic carbocycles. The fraction of sp³-hybridized carbons (Fsp3) is 0.467. The van der Waals surface area contributed by atoms with Crippen LogP contribution in [-0.2, 0) is 6.42 Å². The third-order valence-electron chi connectivity index (χ3n) is 3.88. The van der Waals surface area contributed by atoms with Crippen molar-refractivity contribution >= 4 is 5.69 Å². The third kappa shape index (κ3) is 2.95. The van der Waals surface area contributed by atoms with Crippen LogP contribution >= 0.6 is 0 Å². The van der Waals surface area contributed by atoms with Crippen molar-refractivity contribution in [2.45, 2.75) is 38.5 Å². The van der Waals surface area contributed by atoms with Crippen LogP contribution in [-0.4, -0.2) is 10.1 Å². The molecule has 0 saturated heterocycles. The van der Waals surface area contributed by atoms with E-state index in [2.05, 4.69) is 10.1 Å². The number of rotatable bonds is 4. The van der Waals surface area contributed by atoms with Crippen LogP contribution in [0.3, 0.4) is 0 Å². The Morgan fingerprint density at radius 1 is 1.16 bits per heavy atom. The van der Waals surface area contributed by atoms with E-state index in [1.54, 1.807) is 0 Å². The molecule has 1 fully saturated rings. The Balaban J connectivity index is 1.63. The predicted molar refractivity (Wildman–Crippen MR) is 74.4 cm³/mol. The molecule has 0 radical (unpaired) electrons. The zero-order valence-corrected chi connectivity index (χ0v) is 11.0. The summed E-state index contributed by atoms with van der Waals surface area (Å²) in [4.78, 5) is 4.45. The SMILES string of the molecule is Nc1ccc(-c2noc(CCC3CCCC3)n2)cc1. The maximum absolute atomic E-state index is 5.66. The first kappa shape index (κ1) is 12.2. The van der Waals surface area contributed by atoms with Gasteiger partial charge in [0, 0.05) is 17.7 Å². The maximum atomic E-state index is 5.66. The number of anilines is 1. The summed E-state index contributed by atoms with van der Waals surface area (Å²) in [6, 6.07) is 7.54. The van der Waals surface area contributed by atoms with E-state index >= 15 is 0 Å². The van der Waals surface area contributed by atoms with Crippen LogP contribution in [0.1, 0.15) is 38.0 Å². The Labute approximate surface area is 113 Å². The smallest absolute Gasteiger partial charge is 0.226 e. The molecule has 100 valence electrons. The van der Waals surface area contributed by atoms with E-state index < -0.39 is 0 Å². The van der Waals surface area contributed by atoms with Gasteiger partial charge in [-0.3, -0.25) is 0 Å². The normalized spacial score (nSPS) is 16.0. The zero-order valence-electron chi connectivity index (χ0n) is 11.0. The summed E-state index contributed by atoms with van der Waals surface area (Å²) in [6.07, 6.45) is 7.55. The van der Waals surface area contributed by atoms with Crippen LogP contribution in [0.2, 0.25) is 0 Å². The average Bonchev–Trinajstić information content (AvgIpc) is 3.09. The fourth-order valence-corrected chi connectivity index (χ4v) is 2.73. The first-order chi connectivity index (χ1) is 9.31. The molecule has 0 aliphatic heterocycles. The Hall–Kier alpha value is -1.84. The quantitative estimate of drug-likeness (QED) is 0.852. The lowest BCUT2D eigenvalue weighted by molar-refractivity contribution is 0.362. The van der Waals surface area contributed by atoms with Gasteiger partial charge in [-0.2, -0.15) is 4.98 Å². The first-order valence-corrected chi connectivity index (χ1v) is 7.00. The minimum atomic E-state index is 0.654. The number of aromatic nitrogens is 2. The van der Waals surface area contributed by atoms with E-state index in [4.69, 9.17) is 10.3 Å². The molecule has 4 nitrogen and oxygen atoms in total. The van der Waals surface area contributed by atoms with Gasteiger partial charge in [0.05, 0.1) is 0 Å². The molecule has 0 unspecified atom stereocenters. The Bertz CT molecular complexity index is 527. The minimum Gasteiger partial charge on any atom is -0.399 e. The van der Waals surface area contributed by atoms with Crippen molar-refractivity contribution < 1.29 is 4.52 Å². The molecule has 0 atom stereocenters. The molecule has 0 spiro atoms. The van der Waals surface area contributed by atoms with Crippen molar-refractivity contribution in [3.8, 4) is 11.4 Å². The lowest BCUT2D eigenvalue weighted by Crippen LogP contribution is -1.96. The monoisotopic (exact) mass is 257 g/mol. The van der Waals surface area contributed by atoms with Gasteiger partial charge in [-0.05, 0) is 36.6 Å². The molecule has 2 N–H and O–H groups in total. The van der Waals surface area contributed by atoms with Crippen molar-refractivity contribution in [1.29, 1.82) is 0 Å². The molecule has 3 rings (SSSR count). The molecule has 0 amide bonds. The minimum absolute atomic E-state index is 0.654. The fourth-order valence-electron chi connectivity index (χ4n) is 2.73. The molecule has 1 aromatic heterocycles. The summed E-state index contributed by atoms with van der Waals surface area (Å²) in [7, 11) is 0. The van der Waals surface area contributed by atoms with Gasteiger partial charge in [0.1, 0.15) is 0 Å². The number of nitrogens with two attached hydrogens (primary N) is 1. The number of benzene rings is 1. The number of hydrogen-bond acceptors (Lipinski definition) is 4. The molecule has 0 bridgehead atoms. The van der Waals surface area contributed by atoms with Crippen LogP contribution in [0.15, 0.2) is 28.8 Å². The van der Waals surface area contributed by atoms with Gasteiger partial charge in [-0.1, -0.05) is 30.8 Å². The molecular formula is C15H19N3O. The van der Waals surface area contributed by atoms with Gasteiger partial charge >= 0.3 is 0 Å². The van der Waals surface area contributed by atoms with E-state index in [1.807, 2.05) is 24.3 Å². The second kappa shape index (κ2) is 5.43. The Morgan fingerprint density at radius 2 is 1.89 bits per heavy atom. The van der Waals surface area contributed by atoms with Gasteiger partial charge in [-0.15, -0.1) is 0 Å². The van der Waals surface area contributed by atoms with Gasteiger partial charge in [0.25, 0.3) is 0 Å². The number of aryl methyl sites for hydroxylation is 1. The van der Waals surface area contributed by atoms with E-state index in [0.717, 1.165) is 29.5 Å². The van der Waals surface area contributed by atoms with Gasteiger partial charge in [0.15, 0.2) is 0 Å². The molecule has 1 aliphatic rings. The third-order valence-corrected chi connectivity index (χ3v) is 3.88. The number of nitrogens with zero attached hydrogens (tertiary/aromatic N) is 2. The lowest BCUT2D eigenvalue weighted by Gasteiger charge is -2.04. The van der Waals surface area contributed by atoms with E-state index in [-0.39, 0.29) is 0 Å². The highest BCUT2D eigenvalue weighted by atomic mass is 16.5. The molecular weight excluding hydrogens is 238 g/mol. The predicted octanol–water partition coefficient (Wildman–Crippen LogP) is 3.44. The standard InChI is InChI=1S/C15H19N3O/c16-13-8-6-12(7-9-13)15-17-14(19-18-15)10-5-11-3-1-2-4-11/h6-9,11H,1-5,10,16H2. The number of hydrogen-bond donors (Lipinski definition) is 1. The molecule has 1 heterocycles. The summed E-state index contributed by atoms with van der Waals surface area (Å²) in [5, 5.41) is 4.03. The van der Waals surface area contributed by atoms with Crippen LogP contribution in [0.25, 0.3) is 11.4 Å². The molecule has 2 aromatic rings. The molecule has 1 aromatic carbocycles. The lowest BCUT2D eigenvalue weighted by atomic mass is 10.0. The van der Waals surface area contributed by atoms with Crippen molar-refractivity contribution in [3.05, 3.63) is 30.2 Å². The zero-order chi connectivity index (χ0) is 13.1. The van der Waals surface area contributed by atoms with Crippen molar-refractivity contribution in [2.24, 2.45) is 5.92 Å². The second-order valence-corrected chi connectivity index (χ2v) is 5.32. The summed E-state index contributed by atoms with van der Waals surface area (Å²) in [6.45, 7) is 0. The van der Waals surface area contributed by atoms with Gasteiger partial charge in [-0.25, -0.2) is 0 Å². The molecule has 4 heteroatoms. The van der Waals surface area contributed by atoms with Crippen LogP contribution in [0.5, 0.6) is 0 Å². The van der Waals surface area contributed by atoms with Crippen LogP contribution in [0, 0.1) is 5.92 Å². The van der Waals surface area contributed by atoms with E-state index in [1.165, 1.54) is 32.1 Å². The number of nitrogen functional groups attached to an aromatic ring is 1. The highest BCUT2D eigenvalue weighted by Crippen LogP contribution is 2.28. The summed E-state index contributed by atoms with van der Waals surface area (Å²) in [5.41, 5.74) is 7.36. The van der Waals surface area contributed by atoms with Crippen LogP contribution < -0.4 is 5.73 Å². The van der Waals surface area contributed by atoms with Crippen molar-refractivity contribution in [3.63, 3.8) is 0 Å². The topological polar surface area (TPSA) is 64.9 Å². The van der Waals surface area contributed by atoms with E-state index in [9.17, 15) is 0 Å². The maximum Gasteiger partial charge on any atom is 0.226 e. The largest absolute Gasteiger partial charge is 0.399 e. The summed E-state index contributed by atoms with van der Waals surface area (Å²) in [5.74, 6) is 2.26. The van der Waals surface area contributed by atoms with Gasteiger partial charge < -0.3 is 10.3 Å². The second-order valence-electron chi connectivity index (χ2n) is 5.32. The van der Waals surface area contributed by atoms with Crippen LogP contribution in [0.4, 0.5) is 5.69 Å². The summed E-state index contributed by atoms with van der Waals surface area (Å²) < 4.78 is 5.32.